The monoisotopic (exact) mass is 134 g/mol. The molecule has 1 unspecified atom stereocenters. The molecule has 0 heterocycles. The van der Waals surface area contributed by atoms with Crippen LogP contribution in [0.15, 0.2) is 5.16 Å². The molecule has 0 aromatic heterocycles. The number of hydrogen-bond donors (Lipinski definition) is 1. The lowest BCUT2D eigenvalue weighted by Crippen LogP contribution is -2.19. The van der Waals surface area contributed by atoms with Gasteiger partial charge in [-0.15, -0.1) is 0 Å². The highest BCUT2D eigenvalue weighted by atomic mass is 19.1. The van der Waals surface area contributed by atoms with Gasteiger partial charge in [-0.3, -0.25) is 0 Å². The molecule has 0 radical (unpaired) electrons. The summed E-state index contributed by atoms with van der Waals surface area (Å²) in [5.41, 5.74) is 4.95. The number of nitrogens with zero attached hydrogens (tertiary/aromatic N) is 1. The van der Waals surface area contributed by atoms with Crippen LogP contribution >= 0.6 is 0 Å². The Labute approximate surface area is 53.7 Å². The van der Waals surface area contributed by atoms with Gasteiger partial charge >= 0.3 is 0 Å². The highest BCUT2D eigenvalue weighted by Crippen LogP contribution is 1.87. The summed E-state index contributed by atoms with van der Waals surface area (Å²) in [6, 6.07) is 0. The zero-order valence-corrected chi connectivity index (χ0v) is 5.38. The van der Waals surface area contributed by atoms with E-state index in [0.29, 0.717) is 0 Å². The van der Waals surface area contributed by atoms with Gasteiger partial charge in [-0.1, -0.05) is 5.16 Å². The van der Waals surface area contributed by atoms with E-state index in [9.17, 15) is 4.39 Å². The quantitative estimate of drug-likeness (QED) is 0.444. The van der Waals surface area contributed by atoms with E-state index in [0.717, 1.165) is 0 Å². The molecular formula is C5H11FN2O. The van der Waals surface area contributed by atoms with Crippen molar-refractivity contribution in [1.29, 1.82) is 0 Å². The van der Waals surface area contributed by atoms with E-state index in [2.05, 4.69) is 9.99 Å². The molecule has 2 N–H and O–H groups in total. The van der Waals surface area contributed by atoms with Crippen LogP contribution in [0.1, 0.15) is 6.92 Å². The third-order valence-corrected chi connectivity index (χ3v) is 0.691. The first-order valence-electron chi connectivity index (χ1n) is 2.75. The third kappa shape index (κ3) is 5.23. The minimum absolute atomic E-state index is 0.0146. The van der Waals surface area contributed by atoms with Crippen LogP contribution in [0.3, 0.4) is 0 Å². The minimum Gasteiger partial charge on any atom is -0.393 e. The summed E-state index contributed by atoms with van der Waals surface area (Å²) in [5.74, 6) is 0. The van der Waals surface area contributed by atoms with Gasteiger partial charge in [-0.25, -0.2) is 4.39 Å². The van der Waals surface area contributed by atoms with Crippen LogP contribution in [-0.4, -0.2) is 25.5 Å². The van der Waals surface area contributed by atoms with Crippen LogP contribution in [0.25, 0.3) is 0 Å². The van der Waals surface area contributed by atoms with E-state index in [1.807, 2.05) is 0 Å². The third-order valence-electron chi connectivity index (χ3n) is 0.691. The molecule has 9 heavy (non-hydrogen) atoms. The van der Waals surface area contributed by atoms with E-state index in [-0.39, 0.29) is 13.2 Å². The molecule has 3 nitrogen and oxygen atoms in total. The highest BCUT2D eigenvalue weighted by molar-refractivity contribution is 5.52. The van der Waals surface area contributed by atoms with E-state index < -0.39 is 6.17 Å². The molecule has 0 saturated heterocycles. The molecule has 0 aliphatic rings. The van der Waals surface area contributed by atoms with E-state index in [1.54, 1.807) is 6.92 Å². The minimum atomic E-state index is -1.10. The second kappa shape index (κ2) is 5.50. The van der Waals surface area contributed by atoms with Gasteiger partial charge < -0.3 is 10.6 Å². The van der Waals surface area contributed by atoms with Crippen molar-refractivity contribution in [3.8, 4) is 0 Å². The van der Waals surface area contributed by atoms with Crippen molar-refractivity contribution in [2.24, 2.45) is 10.9 Å². The van der Waals surface area contributed by atoms with Crippen LogP contribution in [0, 0.1) is 0 Å². The Bertz CT molecular complexity index is 87.0. The van der Waals surface area contributed by atoms with Gasteiger partial charge in [0.2, 0.25) is 0 Å². The number of alkyl halides is 1. The van der Waals surface area contributed by atoms with Gasteiger partial charge in [0.15, 0.2) is 0 Å². The van der Waals surface area contributed by atoms with Gasteiger partial charge in [0.05, 0.1) is 0 Å². The fourth-order valence-corrected chi connectivity index (χ4v) is 0.266. The average molecular weight is 134 g/mol. The van der Waals surface area contributed by atoms with E-state index >= 15 is 0 Å². The second-order valence-corrected chi connectivity index (χ2v) is 1.49. The zero-order chi connectivity index (χ0) is 7.11. The molecule has 54 valence electrons. The lowest BCUT2D eigenvalue weighted by Gasteiger charge is -2.00. The van der Waals surface area contributed by atoms with Crippen molar-refractivity contribution in [2.75, 3.05) is 13.2 Å². The first kappa shape index (κ1) is 8.36. The molecule has 1 atom stereocenters. The Hall–Kier alpha value is -0.640. The Morgan fingerprint density at radius 3 is 3.00 bits per heavy atom. The predicted octanol–water partition coefficient (Wildman–Crippen LogP) is 0.306. The molecule has 0 spiro atoms. The Morgan fingerprint density at radius 1 is 1.89 bits per heavy atom. The summed E-state index contributed by atoms with van der Waals surface area (Å²) in [7, 11) is 0. The van der Waals surface area contributed by atoms with Gasteiger partial charge in [0.1, 0.15) is 12.8 Å². The summed E-state index contributed by atoms with van der Waals surface area (Å²) in [6.07, 6.45) is 0.345. The second-order valence-electron chi connectivity index (χ2n) is 1.49. The zero-order valence-electron chi connectivity index (χ0n) is 5.38. The summed E-state index contributed by atoms with van der Waals surface area (Å²) < 4.78 is 12.1. The van der Waals surface area contributed by atoms with Crippen molar-refractivity contribution in [2.45, 2.75) is 13.1 Å². The summed E-state index contributed by atoms with van der Waals surface area (Å²) in [4.78, 5) is 4.45. The Kier molecular flexibility index (Phi) is 5.11. The van der Waals surface area contributed by atoms with Crippen LogP contribution in [0.2, 0.25) is 0 Å². The van der Waals surface area contributed by atoms with Crippen molar-refractivity contribution in [3.63, 3.8) is 0 Å². The Balaban J connectivity index is 3.06. The van der Waals surface area contributed by atoms with Crippen molar-refractivity contribution in [1.82, 2.24) is 0 Å². The number of hydrogen-bond acceptors (Lipinski definition) is 3. The average Bonchev–Trinajstić information content (AvgIpc) is 1.89. The van der Waals surface area contributed by atoms with Crippen molar-refractivity contribution >= 4 is 6.21 Å². The lowest BCUT2D eigenvalue weighted by atomic mass is 10.4. The maximum absolute atomic E-state index is 12.1. The van der Waals surface area contributed by atoms with Crippen LogP contribution in [0.5, 0.6) is 0 Å². The SMILES string of the molecule is CC=NOCC(F)CN. The van der Waals surface area contributed by atoms with Crippen LogP contribution in [0.4, 0.5) is 4.39 Å². The maximum Gasteiger partial charge on any atom is 0.149 e. The molecule has 0 aliphatic heterocycles. The molecule has 0 fully saturated rings. The first-order valence-corrected chi connectivity index (χ1v) is 2.75. The normalized spacial score (nSPS) is 14.1. The first-order chi connectivity index (χ1) is 4.31. The fourth-order valence-electron chi connectivity index (χ4n) is 0.266. The molecular weight excluding hydrogens is 123 g/mol. The number of oxime groups is 1. The molecule has 0 rings (SSSR count). The number of halogens is 1. The fraction of sp³-hybridized carbons (Fsp3) is 0.800. The lowest BCUT2D eigenvalue weighted by molar-refractivity contribution is 0.0908. The highest BCUT2D eigenvalue weighted by Gasteiger charge is 2.01. The Morgan fingerprint density at radius 2 is 2.56 bits per heavy atom. The van der Waals surface area contributed by atoms with E-state index in [1.165, 1.54) is 6.21 Å². The van der Waals surface area contributed by atoms with Crippen molar-refractivity contribution < 1.29 is 9.23 Å². The number of nitrogens with two attached hydrogens (primary N) is 1. The summed E-state index contributed by atoms with van der Waals surface area (Å²) in [5, 5.41) is 3.34. The molecule has 0 amide bonds. The van der Waals surface area contributed by atoms with Gasteiger partial charge in [0, 0.05) is 12.8 Å². The standard InChI is InChI=1S/C5H11FN2O/c1-2-8-9-4-5(6)3-7/h2,5H,3-4,7H2,1H3. The maximum atomic E-state index is 12.1. The molecule has 0 saturated carbocycles. The van der Waals surface area contributed by atoms with Gasteiger partial charge in [0.25, 0.3) is 0 Å². The summed E-state index contributed by atoms with van der Waals surface area (Å²) >= 11 is 0. The largest absolute Gasteiger partial charge is 0.393 e. The predicted molar refractivity (Wildman–Crippen MR) is 34.1 cm³/mol. The van der Waals surface area contributed by atoms with Crippen LogP contribution < -0.4 is 5.73 Å². The summed E-state index contributed by atoms with van der Waals surface area (Å²) in [6.45, 7) is 1.62. The smallest absolute Gasteiger partial charge is 0.149 e. The van der Waals surface area contributed by atoms with Crippen molar-refractivity contribution in [3.05, 3.63) is 0 Å². The molecule has 0 bridgehead atoms. The number of rotatable bonds is 4. The van der Waals surface area contributed by atoms with Gasteiger partial charge in [-0.05, 0) is 6.92 Å². The molecule has 0 aromatic carbocycles. The van der Waals surface area contributed by atoms with Crippen LogP contribution in [-0.2, 0) is 4.84 Å². The van der Waals surface area contributed by atoms with E-state index in [4.69, 9.17) is 5.73 Å². The topological polar surface area (TPSA) is 47.6 Å². The molecule has 0 aliphatic carbocycles. The molecule has 0 aromatic rings. The molecule has 4 heteroatoms. The van der Waals surface area contributed by atoms with Gasteiger partial charge in [-0.2, -0.15) is 0 Å².